The molecule has 1 aromatic heterocycles. The zero-order chi connectivity index (χ0) is 13.1. The summed E-state index contributed by atoms with van der Waals surface area (Å²) in [4.78, 5) is 12.1. The zero-order valence-corrected chi connectivity index (χ0v) is 11.1. The van der Waals surface area contributed by atoms with Gasteiger partial charge in [0.1, 0.15) is 0 Å². The number of hydrogen-bond acceptors (Lipinski definition) is 6. The lowest BCUT2D eigenvalue weighted by Gasteiger charge is -2.28. The fourth-order valence-electron chi connectivity index (χ4n) is 1.04. The van der Waals surface area contributed by atoms with Crippen LogP contribution in [0.25, 0.3) is 0 Å². The van der Waals surface area contributed by atoms with E-state index in [1.807, 2.05) is 6.92 Å². The van der Waals surface area contributed by atoms with Gasteiger partial charge in [-0.15, -0.1) is 0 Å². The van der Waals surface area contributed by atoms with Crippen molar-refractivity contribution in [1.82, 2.24) is 15.0 Å². The molecule has 17 heavy (non-hydrogen) atoms. The number of aromatic nitrogens is 3. The molecule has 0 saturated carbocycles. The van der Waals surface area contributed by atoms with Gasteiger partial charge < -0.3 is 15.8 Å². The first-order chi connectivity index (χ1) is 7.82. The smallest absolute Gasteiger partial charge is 0.323 e. The lowest BCUT2D eigenvalue weighted by atomic mass is 9.88. The van der Waals surface area contributed by atoms with E-state index in [2.05, 4.69) is 48.0 Å². The highest BCUT2D eigenvalue weighted by atomic mass is 16.5. The van der Waals surface area contributed by atoms with Crippen molar-refractivity contribution in [2.24, 2.45) is 5.41 Å². The van der Waals surface area contributed by atoms with E-state index in [4.69, 9.17) is 10.5 Å². The molecule has 96 valence electrons. The topological polar surface area (TPSA) is 86.0 Å². The molecular formula is C11H21N5O. The Labute approximate surface area is 102 Å². The van der Waals surface area contributed by atoms with E-state index >= 15 is 0 Å². The molecule has 6 nitrogen and oxygen atoms in total. The Morgan fingerprint density at radius 2 is 1.94 bits per heavy atom. The van der Waals surface area contributed by atoms with E-state index in [-0.39, 0.29) is 23.4 Å². The summed E-state index contributed by atoms with van der Waals surface area (Å²) < 4.78 is 5.21. The molecule has 0 aliphatic rings. The fourth-order valence-corrected chi connectivity index (χ4v) is 1.04. The molecule has 1 rings (SSSR count). The van der Waals surface area contributed by atoms with Gasteiger partial charge in [0, 0.05) is 6.04 Å². The predicted octanol–water partition coefficient (Wildman–Crippen LogP) is 1.70. The van der Waals surface area contributed by atoms with E-state index in [1.54, 1.807) is 0 Å². The second kappa shape index (κ2) is 5.16. The van der Waals surface area contributed by atoms with Crippen LogP contribution in [0.1, 0.15) is 34.6 Å². The van der Waals surface area contributed by atoms with Gasteiger partial charge in [-0.05, 0) is 19.3 Å². The monoisotopic (exact) mass is 239 g/mol. The van der Waals surface area contributed by atoms with E-state index in [0.717, 1.165) is 0 Å². The number of nitrogen functional groups attached to an aromatic ring is 1. The van der Waals surface area contributed by atoms with Crippen LogP contribution in [0, 0.1) is 5.41 Å². The first kappa shape index (κ1) is 13.5. The normalized spacial score (nSPS) is 13.2. The Morgan fingerprint density at radius 3 is 2.47 bits per heavy atom. The molecule has 0 fully saturated rings. The van der Waals surface area contributed by atoms with Crippen LogP contribution in [-0.2, 0) is 0 Å². The summed E-state index contributed by atoms with van der Waals surface area (Å²) in [5.74, 6) is 0.607. The minimum Gasteiger partial charge on any atom is -0.464 e. The SMILES string of the molecule is CCOc1nc(N)nc(NC(C)C(C)(C)C)n1. The van der Waals surface area contributed by atoms with Crippen molar-refractivity contribution >= 4 is 11.9 Å². The summed E-state index contributed by atoms with van der Waals surface area (Å²) in [6.45, 7) is 10.8. The maximum Gasteiger partial charge on any atom is 0.323 e. The van der Waals surface area contributed by atoms with Gasteiger partial charge in [-0.3, -0.25) is 0 Å². The number of anilines is 2. The molecular weight excluding hydrogens is 218 g/mol. The standard InChI is InChI=1S/C11H21N5O/c1-6-17-10-15-8(12)14-9(16-10)13-7(2)11(3,4)5/h7H,6H2,1-5H3,(H3,12,13,14,15,16). The summed E-state index contributed by atoms with van der Waals surface area (Å²) in [5.41, 5.74) is 5.70. The van der Waals surface area contributed by atoms with Crippen molar-refractivity contribution in [2.45, 2.75) is 40.7 Å². The molecule has 0 amide bonds. The summed E-state index contributed by atoms with van der Waals surface area (Å²) in [5, 5.41) is 3.20. The minimum absolute atomic E-state index is 0.104. The van der Waals surface area contributed by atoms with Crippen LogP contribution in [0.5, 0.6) is 6.01 Å². The van der Waals surface area contributed by atoms with Crippen LogP contribution in [-0.4, -0.2) is 27.6 Å². The summed E-state index contributed by atoms with van der Waals surface area (Å²) in [7, 11) is 0. The van der Waals surface area contributed by atoms with Crippen molar-refractivity contribution in [3.05, 3.63) is 0 Å². The second-order valence-electron chi connectivity index (χ2n) is 4.96. The number of rotatable bonds is 4. The highest BCUT2D eigenvalue weighted by molar-refractivity contribution is 5.33. The van der Waals surface area contributed by atoms with Gasteiger partial charge in [0.05, 0.1) is 6.61 Å². The lowest BCUT2D eigenvalue weighted by Crippen LogP contribution is -2.31. The van der Waals surface area contributed by atoms with Gasteiger partial charge in [-0.2, -0.15) is 15.0 Å². The largest absolute Gasteiger partial charge is 0.464 e. The van der Waals surface area contributed by atoms with Crippen molar-refractivity contribution in [1.29, 1.82) is 0 Å². The summed E-state index contributed by atoms with van der Waals surface area (Å²) >= 11 is 0. The van der Waals surface area contributed by atoms with Crippen LogP contribution >= 0.6 is 0 Å². The van der Waals surface area contributed by atoms with Gasteiger partial charge >= 0.3 is 6.01 Å². The Morgan fingerprint density at radius 1 is 1.29 bits per heavy atom. The highest BCUT2D eigenvalue weighted by Gasteiger charge is 2.21. The van der Waals surface area contributed by atoms with Crippen molar-refractivity contribution in [2.75, 3.05) is 17.7 Å². The number of hydrogen-bond donors (Lipinski definition) is 2. The molecule has 0 aromatic carbocycles. The van der Waals surface area contributed by atoms with E-state index in [9.17, 15) is 0 Å². The van der Waals surface area contributed by atoms with Crippen LogP contribution in [0.2, 0.25) is 0 Å². The Kier molecular flexibility index (Phi) is 4.09. The van der Waals surface area contributed by atoms with Gasteiger partial charge in [0.2, 0.25) is 11.9 Å². The Balaban J connectivity index is 2.84. The number of nitrogens with one attached hydrogen (secondary N) is 1. The van der Waals surface area contributed by atoms with Crippen LogP contribution in [0.4, 0.5) is 11.9 Å². The summed E-state index contributed by atoms with van der Waals surface area (Å²) in [6, 6.07) is 0.461. The molecule has 6 heteroatoms. The molecule has 0 bridgehead atoms. The number of nitrogens with two attached hydrogens (primary N) is 1. The van der Waals surface area contributed by atoms with Crippen molar-refractivity contribution in [3.8, 4) is 6.01 Å². The average Bonchev–Trinajstić information content (AvgIpc) is 2.15. The third-order valence-electron chi connectivity index (χ3n) is 2.55. The molecule has 0 saturated heterocycles. The highest BCUT2D eigenvalue weighted by Crippen LogP contribution is 2.22. The van der Waals surface area contributed by atoms with Crippen LogP contribution in [0.15, 0.2) is 0 Å². The van der Waals surface area contributed by atoms with Crippen molar-refractivity contribution in [3.63, 3.8) is 0 Å². The first-order valence-corrected chi connectivity index (χ1v) is 5.73. The second-order valence-corrected chi connectivity index (χ2v) is 4.96. The van der Waals surface area contributed by atoms with Crippen LogP contribution in [0.3, 0.4) is 0 Å². The Hall–Kier alpha value is -1.59. The molecule has 1 atom stereocenters. The molecule has 1 heterocycles. The molecule has 0 radical (unpaired) electrons. The predicted molar refractivity (Wildman–Crippen MR) is 67.9 cm³/mol. The average molecular weight is 239 g/mol. The van der Waals surface area contributed by atoms with Gasteiger partial charge in [-0.1, -0.05) is 20.8 Å². The third kappa shape index (κ3) is 4.05. The maximum absolute atomic E-state index is 5.59. The molecule has 0 aliphatic heterocycles. The van der Waals surface area contributed by atoms with Crippen LogP contribution < -0.4 is 15.8 Å². The summed E-state index contributed by atoms with van der Waals surface area (Å²) in [6.07, 6.45) is 0. The first-order valence-electron chi connectivity index (χ1n) is 5.73. The minimum atomic E-state index is 0.104. The number of nitrogens with zero attached hydrogens (tertiary/aromatic N) is 3. The quantitative estimate of drug-likeness (QED) is 0.831. The maximum atomic E-state index is 5.59. The lowest BCUT2D eigenvalue weighted by molar-refractivity contribution is 0.311. The molecule has 1 aromatic rings. The van der Waals surface area contributed by atoms with E-state index in [1.165, 1.54) is 0 Å². The molecule has 1 unspecified atom stereocenters. The fraction of sp³-hybridized carbons (Fsp3) is 0.727. The number of ether oxygens (including phenoxy) is 1. The van der Waals surface area contributed by atoms with Gasteiger partial charge in [-0.25, -0.2) is 0 Å². The Bertz CT molecular complexity index is 375. The van der Waals surface area contributed by atoms with E-state index in [0.29, 0.717) is 12.6 Å². The van der Waals surface area contributed by atoms with Crippen molar-refractivity contribution < 1.29 is 4.74 Å². The molecule has 0 aliphatic carbocycles. The third-order valence-corrected chi connectivity index (χ3v) is 2.55. The van der Waals surface area contributed by atoms with Gasteiger partial charge in [0.15, 0.2) is 0 Å². The van der Waals surface area contributed by atoms with E-state index < -0.39 is 0 Å². The molecule has 3 N–H and O–H groups in total. The van der Waals surface area contributed by atoms with Gasteiger partial charge in [0.25, 0.3) is 0 Å². The zero-order valence-electron chi connectivity index (χ0n) is 11.1. The molecule has 0 spiro atoms.